The summed E-state index contributed by atoms with van der Waals surface area (Å²) < 4.78 is 5.40. The van der Waals surface area contributed by atoms with Gasteiger partial charge >= 0.3 is 11.9 Å². The van der Waals surface area contributed by atoms with Crippen molar-refractivity contribution in [2.45, 2.75) is 31.8 Å². The molecule has 0 aliphatic heterocycles. The second-order valence-electron chi connectivity index (χ2n) is 5.37. The van der Waals surface area contributed by atoms with Crippen molar-refractivity contribution in [1.29, 1.82) is 0 Å². The van der Waals surface area contributed by atoms with E-state index >= 15 is 0 Å². The molecule has 1 aromatic carbocycles. The maximum absolute atomic E-state index is 12.0. The van der Waals surface area contributed by atoms with Gasteiger partial charge in [0, 0.05) is 12.6 Å². The molecule has 0 spiro atoms. The molecule has 0 saturated heterocycles. The van der Waals surface area contributed by atoms with Gasteiger partial charge in [0.05, 0.1) is 11.5 Å². The molecule has 2 rings (SSSR count). The third kappa shape index (κ3) is 3.84. The lowest BCUT2D eigenvalue weighted by atomic mass is 9.87. The molecule has 2 N–H and O–H groups in total. The lowest BCUT2D eigenvalue weighted by molar-refractivity contribution is -0.143. The minimum atomic E-state index is -0.783. The molecule has 1 aliphatic carbocycles. The first kappa shape index (κ1) is 16.0. The molecule has 6 heteroatoms. The Bertz CT molecular complexity index is 558. The summed E-state index contributed by atoms with van der Waals surface area (Å²) in [6, 6.07) is 6.24. The molecule has 118 valence electrons. The highest BCUT2D eigenvalue weighted by molar-refractivity contribution is 5.96. The molecule has 1 aliphatic rings. The predicted molar refractivity (Wildman–Crippen MR) is 78.6 cm³/mol. The fraction of sp³-hybridized carbons (Fsp3) is 0.438. The number of hydrogen-bond donors (Lipinski definition) is 2. The first-order valence-electron chi connectivity index (χ1n) is 7.27. The van der Waals surface area contributed by atoms with E-state index in [9.17, 15) is 14.4 Å². The van der Waals surface area contributed by atoms with E-state index in [1.54, 1.807) is 24.3 Å². The highest BCUT2D eigenvalue weighted by atomic mass is 16.5. The summed E-state index contributed by atoms with van der Waals surface area (Å²) in [4.78, 5) is 34.3. The Morgan fingerprint density at radius 1 is 1.05 bits per heavy atom. The molecule has 1 saturated carbocycles. The van der Waals surface area contributed by atoms with Crippen LogP contribution in [-0.4, -0.2) is 36.1 Å². The number of carboxylic acids is 1. The summed E-state index contributed by atoms with van der Waals surface area (Å²) in [5.74, 6) is -1.77. The van der Waals surface area contributed by atoms with Crippen LogP contribution in [0.4, 0.5) is 0 Å². The number of carbonyl (C=O) groups excluding carboxylic acids is 2. The van der Waals surface area contributed by atoms with Gasteiger partial charge in [-0.15, -0.1) is 0 Å². The topological polar surface area (TPSA) is 92.7 Å². The SMILES string of the molecule is CNC(=O)c1ccc(C(=O)OC2CCC(C(=O)O)CC2)cc1. The van der Waals surface area contributed by atoms with Gasteiger partial charge in [-0.2, -0.15) is 0 Å². The summed E-state index contributed by atoms with van der Waals surface area (Å²) in [5, 5.41) is 11.4. The van der Waals surface area contributed by atoms with Gasteiger partial charge < -0.3 is 15.2 Å². The van der Waals surface area contributed by atoms with E-state index in [0.717, 1.165) is 0 Å². The standard InChI is InChI=1S/C16H19NO5/c1-17-14(18)10-2-4-12(5-3-10)16(21)22-13-8-6-11(7-9-13)15(19)20/h2-5,11,13H,6-9H2,1H3,(H,17,18)(H,19,20). The third-order valence-electron chi connectivity index (χ3n) is 3.91. The van der Waals surface area contributed by atoms with Gasteiger partial charge in [0.1, 0.15) is 6.10 Å². The monoisotopic (exact) mass is 305 g/mol. The van der Waals surface area contributed by atoms with E-state index < -0.39 is 11.9 Å². The van der Waals surface area contributed by atoms with Crippen molar-refractivity contribution in [1.82, 2.24) is 5.32 Å². The molecule has 6 nitrogen and oxygen atoms in total. The number of aliphatic carboxylic acids is 1. The number of esters is 1. The smallest absolute Gasteiger partial charge is 0.338 e. The minimum Gasteiger partial charge on any atom is -0.481 e. The molecule has 1 amide bonds. The van der Waals surface area contributed by atoms with Gasteiger partial charge in [-0.25, -0.2) is 4.79 Å². The first-order chi connectivity index (χ1) is 10.5. The number of amides is 1. The quantitative estimate of drug-likeness (QED) is 0.828. The number of carbonyl (C=O) groups is 3. The maximum Gasteiger partial charge on any atom is 0.338 e. The molecule has 0 heterocycles. The zero-order valence-corrected chi connectivity index (χ0v) is 12.4. The van der Waals surface area contributed by atoms with Crippen LogP contribution in [0, 0.1) is 5.92 Å². The fourth-order valence-corrected chi connectivity index (χ4v) is 2.55. The number of rotatable bonds is 4. The van der Waals surface area contributed by atoms with Crippen molar-refractivity contribution < 1.29 is 24.2 Å². The molecule has 0 unspecified atom stereocenters. The van der Waals surface area contributed by atoms with Crippen LogP contribution < -0.4 is 5.32 Å². The summed E-state index contributed by atoms with van der Waals surface area (Å²) in [5.41, 5.74) is 0.856. The zero-order valence-electron chi connectivity index (χ0n) is 12.4. The number of hydrogen-bond acceptors (Lipinski definition) is 4. The largest absolute Gasteiger partial charge is 0.481 e. The normalized spacial score (nSPS) is 21.0. The summed E-state index contributed by atoms with van der Waals surface area (Å²) in [7, 11) is 1.54. The van der Waals surface area contributed by atoms with E-state index in [-0.39, 0.29) is 17.9 Å². The predicted octanol–water partition coefficient (Wildman–Crippen LogP) is 1.85. The number of carboxylic acid groups (broad SMARTS) is 1. The molecule has 0 bridgehead atoms. The van der Waals surface area contributed by atoms with E-state index in [1.807, 2.05) is 0 Å². The van der Waals surface area contributed by atoms with Crippen molar-refractivity contribution in [3.8, 4) is 0 Å². The van der Waals surface area contributed by atoms with E-state index in [2.05, 4.69) is 5.32 Å². The lowest BCUT2D eigenvalue weighted by Gasteiger charge is -2.25. The van der Waals surface area contributed by atoms with E-state index in [4.69, 9.17) is 9.84 Å². The van der Waals surface area contributed by atoms with Crippen LogP contribution in [0.2, 0.25) is 0 Å². The van der Waals surface area contributed by atoms with E-state index in [0.29, 0.717) is 36.8 Å². The number of ether oxygens (including phenoxy) is 1. The Labute approximate surface area is 128 Å². The molecule has 22 heavy (non-hydrogen) atoms. The van der Waals surface area contributed by atoms with Gasteiger partial charge in [-0.3, -0.25) is 9.59 Å². The van der Waals surface area contributed by atoms with Crippen LogP contribution in [0.5, 0.6) is 0 Å². The summed E-state index contributed by atoms with van der Waals surface area (Å²) >= 11 is 0. The van der Waals surface area contributed by atoms with Gasteiger partial charge in [-0.05, 0) is 49.9 Å². The molecular weight excluding hydrogens is 286 g/mol. The van der Waals surface area contributed by atoms with Gasteiger partial charge in [0.15, 0.2) is 0 Å². The molecule has 0 atom stereocenters. The molecule has 1 aromatic rings. The first-order valence-corrected chi connectivity index (χ1v) is 7.27. The molecule has 1 fully saturated rings. The number of benzene rings is 1. The second-order valence-corrected chi connectivity index (χ2v) is 5.37. The van der Waals surface area contributed by atoms with Gasteiger partial charge in [0.25, 0.3) is 5.91 Å². The van der Waals surface area contributed by atoms with Gasteiger partial charge in [0.2, 0.25) is 0 Å². The minimum absolute atomic E-state index is 0.216. The fourth-order valence-electron chi connectivity index (χ4n) is 2.55. The van der Waals surface area contributed by atoms with Crippen LogP contribution in [0.25, 0.3) is 0 Å². The van der Waals surface area contributed by atoms with Crippen molar-refractivity contribution in [2.24, 2.45) is 5.92 Å². The maximum atomic E-state index is 12.0. The summed E-state index contributed by atoms with van der Waals surface area (Å²) in [6.45, 7) is 0. The average Bonchev–Trinajstić information content (AvgIpc) is 2.54. The molecule has 0 aromatic heterocycles. The van der Waals surface area contributed by atoms with Crippen LogP contribution in [0.1, 0.15) is 46.4 Å². The Morgan fingerprint density at radius 2 is 1.59 bits per heavy atom. The third-order valence-corrected chi connectivity index (χ3v) is 3.91. The van der Waals surface area contributed by atoms with Crippen LogP contribution in [0.15, 0.2) is 24.3 Å². The highest BCUT2D eigenvalue weighted by Gasteiger charge is 2.28. The second kappa shape index (κ2) is 7.06. The number of nitrogens with one attached hydrogen (secondary N) is 1. The van der Waals surface area contributed by atoms with Crippen molar-refractivity contribution in [2.75, 3.05) is 7.05 Å². The Kier molecular flexibility index (Phi) is 5.14. The Hall–Kier alpha value is -2.37. The van der Waals surface area contributed by atoms with Crippen molar-refractivity contribution in [3.63, 3.8) is 0 Å². The lowest BCUT2D eigenvalue weighted by Crippen LogP contribution is -2.27. The van der Waals surface area contributed by atoms with Gasteiger partial charge in [-0.1, -0.05) is 0 Å². The molecule has 0 radical (unpaired) electrons. The van der Waals surface area contributed by atoms with Crippen molar-refractivity contribution >= 4 is 17.8 Å². The molecular formula is C16H19NO5. The summed E-state index contributed by atoms with van der Waals surface area (Å²) in [6.07, 6.45) is 1.96. The zero-order chi connectivity index (χ0) is 16.1. The van der Waals surface area contributed by atoms with Crippen LogP contribution in [-0.2, 0) is 9.53 Å². The Morgan fingerprint density at radius 3 is 2.09 bits per heavy atom. The average molecular weight is 305 g/mol. The highest BCUT2D eigenvalue weighted by Crippen LogP contribution is 2.27. The van der Waals surface area contributed by atoms with Crippen LogP contribution in [0.3, 0.4) is 0 Å². The Balaban J connectivity index is 1.90. The van der Waals surface area contributed by atoms with Crippen molar-refractivity contribution in [3.05, 3.63) is 35.4 Å². The van der Waals surface area contributed by atoms with Crippen LogP contribution >= 0.6 is 0 Å². The van der Waals surface area contributed by atoms with E-state index in [1.165, 1.54) is 7.05 Å².